The molecule has 3 aromatic rings. The summed E-state index contributed by atoms with van der Waals surface area (Å²) in [5.74, 6) is 1.07. The summed E-state index contributed by atoms with van der Waals surface area (Å²) < 4.78 is 1.05. The topological polar surface area (TPSA) is 20.3 Å². The highest BCUT2D eigenvalue weighted by Gasteiger charge is 2.31. The third-order valence-electron chi connectivity index (χ3n) is 4.55. The van der Waals surface area contributed by atoms with Gasteiger partial charge in [0.15, 0.2) is 0 Å². The van der Waals surface area contributed by atoms with Crippen molar-refractivity contribution in [3.8, 4) is 11.1 Å². The fourth-order valence-electron chi connectivity index (χ4n) is 3.18. The number of carbonyl (C=O) groups is 1. The van der Waals surface area contributed by atoms with E-state index in [9.17, 15) is 4.79 Å². The molecule has 4 heteroatoms. The van der Waals surface area contributed by atoms with Crippen LogP contribution in [0.15, 0.2) is 83.3 Å². The van der Waals surface area contributed by atoms with Crippen molar-refractivity contribution in [3.63, 3.8) is 0 Å². The van der Waals surface area contributed by atoms with Crippen molar-refractivity contribution in [3.05, 3.63) is 94.5 Å². The Morgan fingerprint density at radius 2 is 1.54 bits per heavy atom. The number of thioether (sulfide) groups is 1. The number of hydrogen-bond acceptors (Lipinski definition) is 2. The predicted molar refractivity (Wildman–Crippen MR) is 112 cm³/mol. The summed E-state index contributed by atoms with van der Waals surface area (Å²) in [6, 6.07) is 26.4. The second kappa shape index (κ2) is 7.68. The van der Waals surface area contributed by atoms with Crippen LogP contribution in [-0.4, -0.2) is 23.1 Å². The quantitative estimate of drug-likeness (QED) is 0.514. The third-order valence-corrected chi connectivity index (χ3v) is 6.34. The van der Waals surface area contributed by atoms with Gasteiger partial charge in [0.25, 0.3) is 5.91 Å². The number of halogens is 1. The van der Waals surface area contributed by atoms with E-state index in [0.717, 1.165) is 33.5 Å². The van der Waals surface area contributed by atoms with E-state index in [1.165, 1.54) is 5.56 Å². The Bertz CT molecular complexity index is 894. The Hall–Kier alpha value is -2.04. The Morgan fingerprint density at radius 1 is 0.885 bits per heavy atom. The van der Waals surface area contributed by atoms with Gasteiger partial charge in [-0.05, 0) is 41.0 Å². The van der Waals surface area contributed by atoms with Crippen molar-refractivity contribution in [1.29, 1.82) is 0 Å². The number of nitrogens with zero attached hydrogens (tertiary/aromatic N) is 1. The summed E-state index contributed by atoms with van der Waals surface area (Å²) in [7, 11) is 0. The summed E-state index contributed by atoms with van der Waals surface area (Å²) in [5.41, 5.74) is 4.21. The van der Waals surface area contributed by atoms with E-state index in [4.69, 9.17) is 0 Å². The lowest BCUT2D eigenvalue weighted by Crippen LogP contribution is -2.30. The van der Waals surface area contributed by atoms with Crippen LogP contribution in [0, 0.1) is 0 Å². The molecule has 3 aromatic carbocycles. The van der Waals surface area contributed by atoms with Crippen molar-refractivity contribution in [2.24, 2.45) is 0 Å². The number of hydrogen-bond donors (Lipinski definition) is 0. The molecule has 1 amide bonds. The normalized spacial score (nSPS) is 16.7. The second-order valence-electron chi connectivity index (χ2n) is 6.22. The van der Waals surface area contributed by atoms with Gasteiger partial charge in [-0.2, -0.15) is 0 Å². The fourth-order valence-corrected chi connectivity index (χ4v) is 4.70. The molecule has 1 aliphatic heterocycles. The lowest BCUT2D eigenvalue weighted by molar-refractivity contribution is 0.0760. The van der Waals surface area contributed by atoms with E-state index >= 15 is 0 Å². The third kappa shape index (κ3) is 3.57. The molecule has 26 heavy (non-hydrogen) atoms. The highest BCUT2D eigenvalue weighted by atomic mass is 79.9. The lowest BCUT2D eigenvalue weighted by Gasteiger charge is -2.24. The number of carbonyl (C=O) groups excluding carboxylic acids is 1. The summed E-state index contributed by atoms with van der Waals surface area (Å²) in [5, 5.41) is 0.0874. The first kappa shape index (κ1) is 17.4. The number of amides is 1. The van der Waals surface area contributed by atoms with Gasteiger partial charge in [-0.25, -0.2) is 0 Å². The first-order chi connectivity index (χ1) is 12.7. The van der Waals surface area contributed by atoms with Crippen LogP contribution in [0.25, 0.3) is 11.1 Å². The number of benzene rings is 3. The molecule has 130 valence electrons. The molecule has 1 fully saturated rings. The molecule has 0 radical (unpaired) electrons. The maximum Gasteiger partial charge on any atom is 0.255 e. The molecule has 0 N–H and O–H groups in total. The first-order valence-electron chi connectivity index (χ1n) is 8.56. The van der Waals surface area contributed by atoms with E-state index in [-0.39, 0.29) is 11.3 Å². The van der Waals surface area contributed by atoms with Crippen LogP contribution in [0.1, 0.15) is 21.3 Å². The molecule has 1 atom stereocenters. The first-order valence-corrected chi connectivity index (χ1v) is 10.4. The SMILES string of the molecule is O=C(c1ccc(-c2ccccc2)cc1)N1CCSC1c1ccc(Br)cc1. The van der Waals surface area contributed by atoms with Gasteiger partial charge in [0.05, 0.1) is 0 Å². The molecule has 1 aliphatic rings. The van der Waals surface area contributed by atoms with Gasteiger partial charge in [0.1, 0.15) is 5.37 Å². The van der Waals surface area contributed by atoms with Crippen LogP contribution < -0.4 is 0 Å². The van der Waals surface area contributed by atoms with Gasteiger partial charge < -0.3 is 4.90 Å². The van der Waals surface area contributed by atoms with Crippen molar-refractivity contribution in [2.75, 3.05) is 12.3 Å². The van der Waals surface area contributed by atoms with Gasteiger partial charge in [-0.1, -0.05) is 70.5 Å². The average Bonchev–Trinajstić information content (AvgIpc) is 3.19. The summed E-state index contributed by atoms with van der Waals surface area (Å²) in [4.78, 5) is 15.0. The van der Waals surface area contributed by atoms with Crippen LogP contribution in [0.5, 0.6) is 0 Å². The minimum absolute atomic E-state index is 0.0874. The zero-order valence-electron chi connectivity index (χ0n) is 14.1. The van der Waals surface area contributed by atoms with E-state index in [1.807, 2.05) is 71.3 Å². The van der Waals surface area contributed by atoms with Gasteiger partial charge in [0.2, 0.25) is 0 Å². The maximum atomic E-state index is 13.0. The summed E-state index contributed by atoms with van der Waals surface area (Å²) in [6.07, 6.45) is 0. The van der Waals surface area contributed by atoms with Crippen molar-refractivity contribution in [2.45, 2.75) is 5.37 Å². The standard InChI is InChI=1S/C22H18BrNOS/c23-20-12-10-19(11-13-20)22-24(14-15-26-22)21(25)18-8-6-17(7-9-18)16-4-2-1-3-5-16/h1-13,22H,14-15H2. The summed E-state index contributed by atoms with van der Waals surface area (Å²) >= 11 is 5.30. The maximum absolute atomic E-state index is 13.0. The smallest absolute Gasteiger partial charge is 0.255 e. The van der Waals surface area contributed by atoms with Crippen molar-refractivity contribution < 1.29 is 4.79 Å². The average molecular weight is 424 g/mol. The molecular weight excluding hydrogens is 406 g/mol. The zero-order valence-corrected chi connectivity index (χ0v) is 16.5. The molecule has 4 rings (SSSR count). The molecule has 0 saturated carbocycles. The van der Waals surface area contributed by atoms with Crippen LogP contribution in [0.3, 0.4) is 0 Å². The van der Waals surface area contributed by atoms with Gasteiger partial charge >= 0.3 is 0 Å². The fraction of sp³-hybridized carbons (Fsp3) is 0.136. The second-order valence-corrected chi connectivity index (χ2v) is 8.32. The van der Waals surface area contributed by atoms with E-state index in [0.29, 0.717) is 0 Å². The van der Waals surface area contributed by atoms with Crippen LogP contribution in [0.2, 0.25) is 0 Å². The number of rotatable bonds is 3. The lowest BCUT2D eigenvalue weighted by atomic mass is 10.0. The predicted octanol–water partition coefficient (Wildman–Crippen LogP) is 6.00. The molecule has 0 bridgehead atoms. The molecule has 0 spiro atoms. The monoisotopic (exact) mass is 423 g/mol. The van der Waals surface area contributed by atoms with E-state index in [1.54, 1.807) is 0 Å². The van der Waals surface area contributed by atoms with Crippen molar-refractivity contribution in [1.82, 2.24) is 4.90 Å². The molecule has 0 aromatic heterocycles. The Balaban J connectivity index is 1.55. The summed E-state index contributed by atoms with van der Waals surface area (Å²) in [6.45, 7) is 0.782. The molecular formula is C22H18BrNOS. The van der Waals surface area contributed by atoms with Gasteiger partial charge in [-0.3, -0.25) is 4.79 Å². The molecule has 1 heterocycles. The van der Waals surface area contributed by atoms with Crippen LogP contribution in [-0.2, 0) is 0 Å². The minimum Gasteiger partial charge on any atom is -0.322 e. The van der Waals surface area contributed by atoms with E-state index in [2.05, 4.69) is 40.2 Å². The van der Waals surface area contributed by atoms with Gasteiger partial charge in [-0.15, -0.1) is 11.8 Å². The van der Waals surface area contributed by atoms with Crippen LogP contribution >= 0.6 is 27.7 Å². The molecule has 2 nitrogen and oxygen atoms in total. The Labute approximate surface area is 166 Å². The van der Waals surface area contributed by atoms with E-state index < -0.39 is 0 Å². The van der Waals surface area contributed by atoms with Crippen molar-refractivity contribution >= 4 is 33.6 Å². The molecule has 1 saturated heterocycles. The Kier molecular flexibility index (Phi) is 5.14. The molecule has 0 aliphatic carbocycles. The zero-order chi connectivity index (χ0) is 17.9. The highest BCUT2D eigenvalue weighted by molar-refractivity contribution is 9.10. The highest BCUT2D eigenvalue weighted by Crippen LogP contribution is 2.39. The minimum atomic E-state index is 0.0874. The van der Waals surface area contributed by atoms with Crippen LogP contribution in [0.4, 0.5) is 0 Å². The van der Waals surface area contributed by atoms with Gasteiger partial charge in [0, 0.05) is 22.3 Å². The molecule has 1 unspecified atom stereocenters. The largest absolute Gasteiger partial charge is 0.322 e. The Morgan fingerprint density at radius 3 is 2.23 bits per heavy atom.